The Morgan fingerprint density at radius 2 is 1.78 bits per heavy atom. The molecule has 2 atom stereocenters. The topological polar surface area (TPSA) is 71.5 Å². The monoisotopic (exact) mass is 493 g/mol. The van der Waals surface area contributed by atoms with E-state index in [9.17, 15) is 18.4 Å². The standard InChI is InChI=1S/C28H29F2N3O3/c1-28(2,3)36-27(35)33-14-13-25(23(17-33)18-7-10-21(29)11-8-18)32-26(34)20-9-12-24(31-16-20)19-5-4-6-22(30)15-19/h4-12,15-16,23,25H,13-14,17H2,1-3H3,(H,32,34). The van der Waals surface area contributed by atoms with Crippen LogP contribution in [0.2, 0.25) is 0 Å². The summed E-state index contributed by atoms with van der Waals surface area (Å²) in [5.41, 5.74) is 1.73. The van der Waals surface area contributed by atoms with Gasteiger partial charge in [-0.3, -0.25) is 9.78 Å². The normalized spacial score (nSPS) is 18.0. The Bertz CT molecular complexity index is 1220. The van der Waals surface area contributed by atoms with E-state index in [0.717, 1.165) is 5.56 Å². The summed E-state index contributed by atoms with van der Waals surface area (Å²) in [5.74, 6) is -1.28. The Morgan fingerprint density at radius 1 is 1.03 bits per heavy atom. The Hall–Kier alpha value is -3.81. The van der Waals surface area contributed by atoms with Crippen LogP contribution in [-0.2, 0) is 4.74 Å². The van der Waals surface area contributed by atoms with Crippen molar-refractivity contribution < 1.29 is 23.1 Å². The molecular formula is C28H29F2N3O3. The number of carbonyl (C=O) groups excluding carboxylic acids is 2. The van der Waals surface area contributed by atoms with Crippen LogP contribution in [-0.4, -0.2) is 46.6 Å². The molecule has 4 rings (SSSR count). The number of aromatic nitrogens is 1. The zero-order valence-corrected chi connectivity index (χ0v) is 20.5. The summed E-state index contributed by atoms with van der Waals surface area (Å²) in [7, 11) is 0. The highest BCUT2D eigenvalue weighted by molar-refractivity contribution is 5.94. The molecule has 0 radical (unpaired) electrons. The number of piperidine rings is 1. The number of amides is 2. The molecule has 2 amide bonds. The quantitative estimate of drug-likeness (QED) is 0.517. The number of carbonyl (C=O) groups is 2. The van der Waals surface area contributed by atoms with Gasteiger partial charge in [0.25, 0.3) is 5.91 Å². The third-order valence-electron chi connectivity index (χ3n) is 6.03. The van der Waals surface area contributed by atoms with Crippen LogP contribution in [0.4, 0.5) is 13.6 Å². The molecule has 3 aromatic rings. The SMILES string of the molecule is CC(C)(C)OC(=O)N1CCC(NC(=O)c2ccc(-c3cccc(F)c3)nc2)C(c2ccc(F)cc2)C1. The highest BCUT2D eigenvalue weighted by Crippen LogP contribution is 2.29. The first-order chi connectivity index (χ1) is 17.1. The third-order valence-corrected chi connectivity index (χ3v) is 6.03. The van der Waals surface area contributed by atoms with Crippen molar-refractivity contribution in [2.75, 3.05) is 13.1 Å². The zero-order chi connectivity index (χ0) is 25.9. The molecule has 0 spiro atoms. The molecule has 1 aliphatic rings. The van der Waals surface area contributed by atoms with Crippen molar-refractivity contribution in [3.63, 3.8) is 0 Å². The Labute approximate surface area is 209 Å². The van der Waals surface area contributed by atoms with Crippen molar-refractivity contribution in [3.8, 4) is 11.3 Å². The number of ether oxygens (including phenoxy) is 1. The molecule has 2 heterocycles. The summed E-state index contributed by atoms with van der Waals surface area (Å²) in [4.78, 5) is 31.7. The van der Waals surface area contributed by atoms with Gasteiger partial charge < -0.3 is 15.0 Å². The van der Waals surface area contributed by atoms with Crippen LogP contribution in [0.5, 0.6) is 0 Å². The summed E-state index contributed by atoms with van der Waals surface area (Å²) in [6.45, 7) is 6.16. The number of halogens is 2. The van der Waals surface area contributed by atoms with Gasteiger partial charge in [0.05, 0.1) is 11.3 Å². The minimum Gasteiger partial charge on any atom is -0.444 e. The molecule has 1 aromatic heterocycles. The number of hydrogen-bond acceptors (Lipinski definition) is 4. The molecule has 188 valence electrons. The van der Waals surface area contributed by atoms with E-state index in [2.05, 4.69) is 10.3 Å². The lowest BCUT2D eigenvalue weighted by molar-refractivity contribution is 0.0177. The van der Waals surface area contributed by atoms with E-state index < -0.39 is 11.7 Å². The van der Waals surface area contributed by atoms with Crippen molar-refractivity contribution >= 4 is 12.0 Å². The average molecular weight is 494 g/mol. The Balaban J connectivity index is 1.50. The number of hydrogen-bond donors (Lipinski definition) is 1. The van der Waals surface area contributed by atoms with Gasteiger partial charge in [-0.2, -0.15) is 0 Å². The van der Waals surface area contributed by atoms with Gasteiger partial charge in [0.15, 0.2) is 0 Å². The average Bonchev–Trinajstić information content (AvgIpc) is 2.84. The van der Waals surface area contributed by atoms with E-state index >= 15 is 0 Å². The predicted molar refractivity (Wildman–Crippen MR) is 132 cm³/mol. The fraction of sp³-hybridized carbons (Fsp3) is 0.321. The first-order valence-electron chi connectivity index (χ1n) is 11.9. The molecule has 0 saturated carbocycles. The number of nitrogens with one attached hydrogen (secondary N) is 1. The predicted octanol–water partition coefficient (Wildman–Crippen LogP) is 5.55. The summed E-state index contributed by atoms with van der Waals surface area (Å²) in [6.07, 6.45) is 1.54. The maximum Gasteiger partial charge on any atom is 0.410 e. The van der Waals surface area contributed by atoms with Crippen LogP contribution in [0.25, 0.3) is 11.3 Å². The van der Waals surface area contributed by atoms with E-state index in [0.29, 0.717) is 36.3 Å². The molecule has 1 fully saturated rings. The summed E-state index contributed by atoms with van der Waals surface area (Å²) < 4.78 is 32.6. The number of rotatable bonds is 4. The van der Waals surface area contributed by atoms with Gasteiger partial charge in [0, 0.05) is 36.8 Å². The fourth-order valence-corrected chi connectivity index (χ4v) is 4.26. The molecule has 1 saturated heterocycles. The molecule has 2 aromatic carbocycles. The first-order valence-corrected chi connectivity index (χ1v) is 11.9. The van der Waals surface area contributed by atoms with Crippen LogP contribution in [0.3, 0.4) is 0 Å². The minimum atomic E-state index is -0.627. The van der Waals surface area contributed by atoms with E-state index in [1.165, 1.54) is 30.5 Å². The van der Waals surface area contributed by atoms with Crippen molar-refractivity contribution in [2.45, 2.75) is 44.8 Å². The lowest BCUT2D eigenvalue weighted by Crippen LogP contribution is -2.52. The number of benzene rings is 2. The van der Waals surface area contributed by atoms with Crippen LogP contribution < -0.4 is 5.32 Å². The minimum absolute atomic E-state index is 0.254. The maximum absolute atomic E-state index is 13.6. The van der Waals surface area contributed by atoms with E-state index in [4.69, 9.17) is 4.74 Å². The Kier molecular flexibility index (Phi) is 7.33. The largest absolute Gasteiger partial charge is 0.444 e. The second-order valence-electron chi connectivity index (χ2n) is 9.90. The van der Waals surface area contributed by atoms with Crippen molar-refractivity contribution in [2.24, 2.45) is 0 Å². The third kappa shape index (κ3) is 6.24. The van der Waals surface area contributed by atoms with Gasteiger partial charge in [0.2, 0.25) is 0 Å². The summed E-state index contributed by atoms with van der Waals surface area (Å²) >= 11 is 0. The van der Waals surface area contributed by atoms with E-state index in [1.807, 2.05) is 20.8 Å². The van der Waals surface area contributed by atoms with Crippen molar-refractivity contribution in [1.29, 1.82) is 0 Å². The molecule has 1 N–H and O–H groups in total. The second-order valence-corrected chi connectivity index (χ2v) is 9.90. The zero-order valence-electron chi connectivity index (χ0n) is 20.5. The summed E-state index contributed by atoms with van der Waals surface area (Å²) in [6, 6.07) is 15.2. The smallest absolute Gasteiger partial charge is 0.410 e. The molecule has 1 aliphatic heterocycles. The second kappa shape index (κ2) is 10.4. The summed E-state index contributed by atoms with van der Waals surface area (Å²) in [5, 5.41) is 3.06. The Morgan fingerprint density at radius 3 is 2.42 bits per heavy atom. The van der Waals surface area contributed by atoms with Crippen molar-refractivity contribution in [3.05, 3.63) is 89.6 Å². The van der Waals surface area contributed by atoms with E-state index in [-0.39, 0.29) is 29.5 Å². The first kappa shape index (κ1) is 25.3. The van der Waals surface area contributed by atoms with Crippen LogP contribution in [0.15, 0.2) is 66.9 Å². The van der Waals surface area contributed by atoms with Crippen molar-refractivity contribution in [1.82, 2.24) is 15.2 Å². The highest BCUT2D eigenvalue weighted by Gasteiger charge is 2.35. The fourth-order valence-electron chi connectivity index (χ4n) is 4.26. The number of nitrogens with zero attached hydrogens (tertiary/aromatic N) is 2. The van der Waals surface area contributed by atoms with Gasteiger partial charge in [-0.05, 0) is 69.2 Å². The molecule has 0 aliphatic carbocycles. The molecule has 6 nitrogen and oxygen atoms in total. The number of pyridine rings is 1. The van der Waals surface area contributed by atoms with Gasteiger partial charge in [-0.25, -0.2) is 13.6 Å². The van der Waals surface area contributed by atoms with Crippen LogP contribution >= 0.6 is 0 Å². The lowest BCUT2D eigenvalue weighted by Gasteiger charge is -2.39. The number of likely N-dealkylation sites (tertiary alicyclic amines) is 1. The van der Waals surface area contributed by atoms with Gasteiger partial charge >= 0.3 is 6.09 Å². The lowest BCUT2D eigenvalue weighted by atomic mass is 9.86. The maximum atomic E-state index is 13.6. The molecule has 8 heteroatoms. The highest BCUT2D eigenvalue weighted by atomic mass is 19.1. The van der Waals surface area contributed by atoms with E-state index in [1.54, 1.807) is 41.3 Å². The molecule has 0 bridgehead atoms. The molecule has 2 unspecified atom stereocenters. The van der Waals surface area contributed by atoms with Crippen LogP contribution in [0, 0.1) is 11.6 Å². The van der Waals surface area contributed by atoms with Gasteiger partial charge in [-0.1, -0.05) is 24.3 Å². The van der Waals surface area contributed by atoms with Crippen LogP contribution in [0.1, 0.15) is 49.0 Å². The molecular weight excluding hydrogens is 464 g/mol. The van der Waals surface area contributed by atoms with Gasteiger partial charge in [0.1, 0.15) is 17.2 Å². The van der Waals surface area contributed by atoms with Gasteiger partial charge in [-0.15, -0.1) is 0 Å². The molecule has 36 heavy (non-hydrogen) atoms.